The highest BCUT2D eigenvalue weighted by atomic mass is 79.9. The van der Waals surface area contributed by atoms with Crippen LogP contribution in [-0.2, 0) is 0 Å². The van der Waals surface area contributed by atoms with Crippen molar-refractivity contribution < 1.29 is 0 Å². The third kappa shape index (κ3) is 2.76. The van der Waals surface area contributed by atoms with Crippen molar-refractivity contribution in [1.82, 2.24) is 0 Å². The number of nitrogens with zero attached hydrogens (tertiary/aromatic N) is 1. The van der Waals surface area contributed by atoms with Crippen LogP contribution in [0.15, 0.2) is 59.1 Å². The second kappa shape index (κ2) is 5.59. The van der Waals surface area contributed by atoms with Crippen LogP contribution in [0.1, 0.15) is 11.1 Å². The zero-order chi connectivity index (χ0) is 14.8. The molecule has 102 valence electrons. The van der Waals surface area contributed by atoms with Gasteiger partial charge in [-0.25, -0.2) is 0 Å². The van der Waals surface area contributed by atoms with Crippen molar-refractivity contribution in [3.63, 3.8) is 0 Å². The number of hydrogen-bond acceptors (Lipinski definition) is 2. The SMILES string of the molecule is Cc1cccc(C#N)c1Nc1ccc2cc(Br)ccc2c1. The van der Waals surface area contributed by atoms with Gasteiger partial charge < -0.3 is 5.32 Å². The van der Waals surface area contributed by atoms with Gasteiger partial charge in [-0.05, 0) is 53.6 Å². The minimum absolute atomic E-state index is 0.658. The number of benzene rings is 3. The van der Waals surface area contributed by atoms with Gasteiger partial charge >= 0.3 is 0 Å². The average molecular weight is 337 g/mol. The summed E-state index contributed by atoms with van der Waals surface area (Å²) in [5.41, 5.74) is 3.57. The van der Waals surface area contributed by atoms with Crippen LogP contribution in [0.5, 0.6) is 0 Å². The quantitative estimate of drug-likeness (QED) is 0.668. The first kappa shape index (κ1) is 13.7. The fourth-order valence-corrected chi connectivity index (χ4v) is 2.74. The Hall–Kier alpha value is -2.31. The molecule has 0 heterocycles. The number of nitrogens with one attached hydrogen (secondary N) is 1. The fourth-order valence-electron chi connectivity index (χ4n) is 2.37. The van der Waals surface area contributed by atoms with E-state index in [1.807, 2.05) is 37.3 Å². The summed E-state index contributed by atoms with van der Waals surface area (Å²) >= 11 is 3.48. The Bertz CT molecular complexity index is 863. The average Bonchev–Trinajstić information content (AvgIpc) is 2.49. The summed E-state index contributed by atoms with van der Waals surface area (Å²) in [6, 6.07) is 20.4. The highest BCUT2D eigenvalue weighted by Gasteiger charge is 2.06. The monoisotopic (exact) mass is 336 g/mol. The van der Waals surface area contributed by atoms with Crippen LogP contribution in [0.25, 0.3) is 10.8 Å². The summed E-state index contributed by atoms with van der Waals surface area (Å²) in [4.78, 5) is 0. The molecule has 3 aromatic rings. The number of para-hydroxylation sites is 1. The third-order valence-electron chi connectivity index (χ3n) is 3.46. The van der Waals surface area contributed by atoms with Gasteiger partial charge in [0, 0.05) is 10.2 Å². The molecule has 0 saturated carbocycles. The number of halogens is 1. The first-order valence-electron chi connectivity index (χ1n) is 6.63. The minimum atomic E-state index is 0.658. The van der Waals surface area contributed by atoms with Crippen LogP contribution in [0.2, 0.25) is 0 Å². The minimum Gasteiger partial charge on any atom is -0.354 e. The molecule has 0 spiro atoms. The van der Waals surface area contributed by atoms with Crippen molar-refractivity contribution in [3.8, 4) is 6.07 Å². The van der Waals surface area contributed by atoms with Crippen molar-refractivity contribution in [2.45, 2.75) is 6.92 Å². The number of rotatable bonds is 2. The molecule has 0 aliphatic carbocycles. The van der Waals surface area contributed by atoms with Gasteiger partial charge in [0.05, 0.1) is 11.3 Å². The summed E-state index contributed by atoms with van der Waals surface area (Å²) in [5.74, 6) is 0. The molecule has 0 bridgehead atoms. The van der Waals surface area contributed by atoms with E-state index in [1.165, 1.54) is 5.39 Å². The van der Waals surface area contributed by atoms with Gasteiger partial charge in [-0.1, -0.05) is 40.2 Å². The Balaban J connectivity index is 2.03. The van der Waals surface area contributed by atoms with Crippen LogP contribution in [0.4, 0.5) is 11.4 Å². The van der Waals surface area contributed by atoms with E-state index in [9.17, 15) is 5.26 Å². The maximum absolute atomic E-state index is 9.23. The number of aryl methyl sites for hydroxylation is 1. The molecule has 3 aromatic carbocycles. The lowest BCUT2D eigenvalue weighted by molar-refractivity contribution is 1.39. The van der Waals surface area contributed by atoms with Crippen molar-refractivity contribution in [1.29, 1.82) is 5.26 Å². The molecular weight excluding hydrogens is 324 g/mol. The summed E-state index contributed by atoms with van der Waals surface area (Å²) in [7, 11) is 0. The van der Waals surface area contributed by atoms with Gasteiger partial charge in [-0.2, -0.15) is 5.26 Å². The molecule has 2 nitrogen and oxygen atoms in total. The van der Waals surface area contributed by atoms with Crippen molar-refractivity contribution in [2.24, 2.45) is 0 Å². The number of fused-ring (bicyclic) bond motifs is 1. The summed E-state index contributed by atoms with van der Waals surface area (Å²) in [6.45, 7) is 2.00. The molecular formula is C18H13BrN2. The lowest BCUT2D eigenvalue weighted by Gasteiger charge is -2.12. The maximum Gasteiger partial charge on any atom is 0.101 e. The molecule has 0 saturated heterocycles. The van der Waals surface area contributed by atoms with Crippen molar-refractivity contribution >= 4 is 38.1 Å². The van der Waals surface area contributed by atoms with Crippen LogP contribution in [0, 0.1) is 18.3 Å². The molecule has 0 fully saturated rings. The molecule has 0 unspecified atom stereocenters. The van der Waals surface area contributed by atoms with Gasteiger partial charge in [0.25, 0.3) is 0 Å². The Kier molecular flexibility index (Phi) is 3.64. The van der Waals surface area contributed by atoms with Gasteiger partial charge in [0.15, 0.2) is 0 Å². The van der Waals surface area contributed by atoms with E-state index < -0.39 is 0 Å². The van der Waals surface area contributed by atoms with Crippen LogP contribution < -0.4 is 5.32 Å². The highest BCUT2D eigenvalue weighted by Crippen LogP contribution is 2.28. The molecule has 0 atom stereocenters. The Morgan fingerprint density at radius 3 is 2.57 bits per heavy atom. The number of hydrogen-bond donors (Lipinski definition) is 1. The summed E-state index contributed by atoms with van der Waals surface area (Å²) < 4.78 is 1.07. The Labute approximate surface area is 132 Å². The van der Waals surface area contributed by atoms with E-state index >= 15 is 0 Å². The van der Waals surface area contributed by atoms with Gasteiger partial charge in [-0.15, -0.1) is 0 Å². The van der Waals surface area contributed by atoms with E-state index in [0.717, 1.165) is 26.8 Å². The molecule has 0 amide bonds. The standard InChI is InChI=1S/C18H13BrN2/c1-12-3-2-4-15(11-20)18(12)21-17-8-6-13-9-16(19)7-5-14(13)10-17/h2-10,21H,1H3. The predicted octanol–water partition coefficient (Wildman–Crippen LogP) is 5.53. The predicted molar refractivity (Wildman–Crippen MR) is 90.8 cm³/mol. The van der Waals surface area contributed by atoms with Crippen molar-refractivity contribution in [2.75, 3.05) is 5.32 Å². The Morgan fingerprint density at radius 2 is 1.76 bits per heavy atom. The maximum atomic E-state index is 9.23. The molecule has 0 radical (unpaired) electrons. The molecule has 0 aliphatic rings. The first-order chi connectivity index (χ1) is 10.2. The van der Waals surface area contributed by atoms with E-state index in [-0.39, 0.29) is 0 Å². The third-order valence-corrected chi connectivity index (χ3v) is 3.96. The van der Waals surface area contributed by atoms with Crippen molar-refractivity contribution in [3.05, 3.63) is 70.2 Å². The van der Waals surface area contributed by atoms with Gasteiger partial charge in [-0.3, -0.25) is 0 Å². The molecule has 0 aliphatic heterocycles. The largest absolute Gasteiger partial charge is 0.354 e. The summed E-state index contributed by atoms with van der Waals surface area (Å²) in [6.07, 6.45) is 0. The second-order valence-electron chi connectivity index (χ2n) is 4.94. The van der Waals surface area contributed by atoms with E-state index in [0.29, 0.717) is 5.56 Å². The van der Waals surface area contributed by atoms with Gasteiger partial charge in [0.1, 0.15) is 6.07 Å². The van der Waals surface area contributed by atoms with Crippen LogP contribution >= 0.6 is 15.9 Å². The van der Waals surface area contributed by atoms with Crippen LogP contribution in [-0.4, -0.2) is 0 Å². The number of nitriles is 1. The van der Waals surface area contributed by atoms with Crippen LogP contribution in [0.3, 0.4) is 0 Å². The molecule has 3 heteroatoms. The lowest BCUT2D eigenvalue weighted by atomic mass is 10.1. The molecule has 3 rings (SSSR count). The van der Waals surface area contributed by atoms with E-state index in [4.69, 9.17) is 0 Å². The zero-order valence-corrected chi connectivity index (χ0v) is 13.1. The fraction of sp³-hybridized carbons (Fsp3) is 0.0556. The zero-order valence-electron chi connectivity index (χ0n) is 11.5. The molecule has 1 N–H and O–H groups in total. The smallest absolute Gasteiger partial charge is 0.101 e. The topological polar surface area (TPSA) is 35.8 Å². The van der Waals surface area contributed by atoms with E-state index in [2.05, 4.69) is 51.6 Å². The number of anilines is 2. The highest BCUT2D eigenvalue weighted by molar-refractivity contribution is 9.10. The first-order valence-corrected chi connectivity index (χ1v) is 7.43. The second-order valence-corrected chi connectivity index (χ2v) is 5.86. The van der Waals surface area contributed by atoms with E-state index in [1.54, 1.807) is 0 Å². The Morgan fingerprint density at radius 1 is 1.00 bits per heavy atom. The molecule has 21 heavy (non-hydrogen) atoms. The normalized spacial score (nSPS) is 10.3. The summed E-state index contributed by atoms with van der Waals surface area (Å²) in [5, 5.41) is 14.9. The lowest BCUT2D eigenvalue weighted by Crippen LogP contribution is -1.96. The molecule has 0 aromatic heterocycles. The van der Waals surface area contributed by atoms with Gasteiger partial charge in [0.2, 0.25) is 0 Å².